The maximum atomic E-state index is 13.3. The van der Waals surface area contributed by atoms with Gasteiger partial charge in [0.05, 0.1) is 16.6 Å². The first-order chi connectivity index (χ1) is 13.3. The van der Waals surface area contributed by atoms with E-state index in [2.05, 4.69) is 62.9 Å². The summed E-state index contributed by atoms with van der Waals surface area (Å²) < 4.78 is 1.17. The highest BCUT2D eigenvalue weighted by Crippen LogP contribution is 2.33. The second-order valence-electron chi connectivity index (χ2n) is 7.83. The summed E-state index contributed by atoms with van der Waals surface area (Å²) in [5.74, 6) is 0.102. The molecule has 0 radical (unpaired) electrons. The number of hydrogen-bond donors (Lipinski definition) is 0. The molecule has 3 aromatic rings. The number of likely N-dealkylation sites (N-methyl/N-ethyl adjacent to an activating group) is 1. The zero-order chi connectivity index (χ0) is 20.4. The number of rotatable bonds is 6. The van der Waals surface area contributed by atoms with Gasteiger partial charge in [0.1, 0.15) is 0 Å². The second-order valence-corrected chi connectivity index (χ2v) is 8.81. The van der Waals surface area contributed by atoms with Crippen molar-refractivity contribution in [3.63, 3.8) is 0 Å². The summed E-state index contributed by atoms with van der Waals surface area (Å²) in [7, 11) is 4.06. The zero-order valence-electron chi connectivity index (χ0n) is 18.1. The fraction of sp³-hybridized carbons (Fsp3) is 0.391. The molecule has 1 aromatic heterocycles. The molecule has 4 nitrogen and oxygen atoms in total. The van der Waals surface area contributed by atoms with E-state index in [0.717, 1.165) is 33.9 Å². The van der Waals surface area contributed by atoms with Crippen molar-refractivity contribution in [3.8, 4) is 0 Å². The number of fused-ring (bicyclic) bond motifs is 1. The molecule has 156 valence electrons. The zero-order valence-corrected chi connectivity index (χ0v) is 19.7. The highest BCUT2D eigenvalue weighted by Gasteiger charge is 2.21. The number of thiazole rings is 1. The summed E-state index contributed by atoms with van der Waals surface area (Å²) in [6.45, 7) is 9.74. The van der Waals surface area contributed by atoms with Crippen molar-refractivity contribution in [2.75, 3.05) is 32.1 Å². The number of anilines is 1. The van der Waals surface area contributed by atoms with Crippen LogP contribution in [0.4, 0.5) is 5.13 Å². The fourth-order valence-electron chi connectivity index (χ4n) is 3.24. The highest BCUT2D eigenvalue weighted by molar-refractivity contribution is 7.22. The number of aromatic nitrogens is 1. The Morgan fingerprint density at radius 2 is 1.62 bits per heavy atom. The molecule has 0 saturated carbocycles. The Bertz CT molecular complexity index is 974. The fourth-order valence-corrected chi connectivity index (χ4v) is 4.39. The van der Waals surface area contributed by atoms with Gasteiger partial charge in [-0.25, -0.2) is 4.98 Å². The van der Waals surface area contributed by atoms with Crippen LogP contribution >= 0.6 is 23.7 Å². The molecular formula is C23H30ClN3OS. The van der Waals surface area contributed by atoms with Gasteiger partial charge in [-0.05, 0) is 64.0 Å². The summed E-state index contributed by atoms with van der Waals surface area (Å²) in [5.41, 5.74) is 6.79. The van der Waals surface area contributed by atoms with Gasteiger partial charge in [0.2, 0.25) is 5.91 Å². The first-order valence-electron chi connectivity index (χ1n) is 9.64. The summed E-state index contributed by atoms with van der Waals surface area (Å²) in [5, 5.41) is 0.796. The first kappa shape index (κ1) is 23.3. The molecule has 0 aliphatic carbocycles. The quantitative estimate of drug-likeness (QED) is 0.545. The summed E-state index contributed by atoms with van der Waals surface area (Å²) in [4.78, 5) is 22.1. The van der Waals surface area contributed by atoms with Crippen LogP contribution < -0.4 is 4.90 Å². The minimum absolute atomic E-state index is 0. The number of hydrogen-bond acceptors (Lipinski definition) is 4. The Hall–Kier alpha value is -1.95. The lowest BCUT2D eigenvalue weighted by atomic mass is 10.0. The number of benzene rings is 2. The predicted molar refractivity (Wildman–Crippen MR) is 127 cm³/mol. The van der Waals surface area contributed by atoms with Crippen LogP contribution in [0.25, 0.3) is 10.2 Å². The van der Waals surface area contributed by atoms with Crippen molar-refractivity contribution < 1.29 is 4.79 Å². The van der Waals surface area contributed by atoms with Crippen LogP contribution in [0.5, 0.6) is 0 Å². The summed E-state index contributed by atoms with van der Waals surface area (Å²) >= 11 is 1.62. The van der Waals surface area contributed by atoms with Gasteiger partial charge in [-0.1, -0.05) is 47.2 Å². The van der Waals surface area contributed by atoms with Gasteiger partial charge in [-0.15, -0.1) is 12.4 Å². The third-order valence-electron chi connectivity index (χ3n) is 5.08. The van der Waals surface area contributed by atoms with Crippen molar-refractivity contribution in [2.45, 2.75) is 34.1 Å². The molecule has 0 saturated heterocycles. The molecule has 0 aliphatic rings. The Kier molecular flexibility index (Phi) is 7.80. The van der Waals surface area contributed by atoms with E-state index in [1.165, 1.54) is 15.8 Å². The van der Waals surface area contributed by atoms with Crippen LogP contribution in [0.3, 0.4) is 0 Å². The molecule has 29 heavy (non-hydrogen) atoms. The molecule has 6 heteroatoms. The molecule has 0 unspecified atom stereocenters. The van der Waals surface area contributed by atoms with E-state index < -0.39 is 0 Å². The lowest BCUT2D eigenvalue weighted by molar-refractivity contribution is -0.118. The van der Waals surface area contributed by atoms with Gasteiger partial charge in [0, 0.05) is 13.1 Å². The molecule has 0 N–H and O–H groups in total. The maximum Gasteiger partial charge on any atom is 0.233 e. The number of halogens is 1. The van der Waals surface area contributed by atoms with Crippen LogP contribution in [0, 0.1) is 27.7 Å². The molecule has 0 aliphatic heterocycles. The molecule has 2 aromatic carbocycles. The molecule has 0 spiro atoms. The number of aryl methyl sites for hydroxylation is 4. The van der Waals surface area contributed by atoms with Gasteiger partial charge < -0.3 is 4.90 Å². The predicted octanol–water partition coefficient (Wildman–Crippen LogP) is 5.09. The smallest absolute Gasteiger partial charge is 0.233 e. The summed E-state index contributed by atoms with van der Waals surface area (Å²) in [6.07, 6.45) is 0.398. The van der Waals surface area contributed by atoms with Gasteiger partial charge in [-0.3, -0.25) is 9.69 Å². The lowest BCUT2D eigenvalue weighted by Crippen LogP contribution is -2.37. The monoisotopic (exact) mass is 431 g/mol. The Morgan fingerprint density at radius 1 is 0.966 bits per heavy atom. The average molecular weight is 432 g/mol. The highest BCUT2D eigenvalue weighted by atomic mass is 35.5. The van der Waals surface area contributed by atoms with Crippen LogP contribution in [-0.2, 0) is 11.2 Å². The topological polar surface area (TPSA) is 36.4 Å². The molecule has 0 atom stereocenters. The van der Waals surface area contributed by atoms with E-state index in [0.29, 0.717) is 13.0 Å². The van der Waals surface area contributed by atoms with Crippen molar-refractivity contribution >= 4 is 45.0 Å². The van der Waals surface area contributed by atoms with Crippen molar-refractivity contribution in [3.05, 3.63) is 58.1 Å². The van der Waals surface area contributed by atoms with E-state index >= 15 is 0 Å². The Morgan fingerprint density at radius 3 is 2.28 bits per heavy atom. The largest absolute Gasteiger partial charge is 0.308 e. The molecule has 3 rings (SSSR count). The Balaban J connectivity index is 0.00000300. The van der Waals surface area contributed by atoms with Crippen LogP contribution in [-0.4, -0.2) is 43.0 Å². The van der Waals surface area contributed by atoms with Gasteiger partial charge in [-0.2, -0.15) is 0 Å². The maximum absolute atomic E-state index is 13.3. The van der Waals surface area contributed by atoms with E-state index in [1.54, 1.807) is 11.3 Å². The standard InChI is InChI=1S/C23H29N3OS.ClH/c1-15-7-8-16(2)19(13-15)14-20(27)26(12-11-25(5)6)23-24-21-17(3)9-10-18(4)22(21)28-23;/h7-10,13H,11-12,14H2,1-6H3;1H. The van der Waals surface area contributed by atoms with Crippen molar-refractivity contribution in [2.24, 2.45) is 0 Å². The average Bonchev–Trinajstić information content (AvgIpc) is 3.07. The first-order valence-corrected chi connectivity index (χ1v) is 10.5. The van der Waals surface area contributed by atoms with Crippen LogP contribution in [0.2, 0.25) is 0 Å². The van der Waals surface area contributed by atoms with Gasteiger partial charge >= 0.3 is 0 Å². The molecule has 0 bridgehead atoms. The van der Waals surface area contributed by atoms with Crippen molar-refractivity contribution in [1.82, 2.24) is 9.88 Å². The summed E-state index contributed by atoms with van der Waals surface area (Å²) in [6, 6.07) is 10.5. The van der Waals surface area contributed by atoms with Crippen LogP contribution in [0.1, 0.15) is 27.8 Å². The minimum Gasteiger partial charge on any atom is -0.308 e. The SMILES string of the molecule is Cc1ccc(C)c(CC(=O)N(CCN(C)C)c2nc3c(C)ccc(C)c3s2)c1.Cl. The minimum atomic E-state index is 0. The second kappa shape index (κ2) is 9.70. The van der Waals surface area contributed by atoms with Crippen LogP contribution in [0.15, 0.2) is 30.3 Å². The van der Waals surface area contributed by atoms with Crippen molar-refractivity contribution in [1.29, 1.82) is 0 Å². The normalized spacial score (nSPS) is 11.0. The van der Waals surface area contributed by atoms with E-state index in [9.17, 15) is 4.79 Å². The van der Waals surface area contributed by atoms with E-state index in [-0.39, 0.29) is 18.3 Å². The van der Waals surface area contributed by atoms with E-state index in [1.807, 2.05) is 19.0 Å². The molecular weight excluding hydrogens is 402 g/mol. The van der Waals surface area contributed by atoms with Gasteiger partial charge in [0.25, 0.3) is 0 Å². The van der Waals surface area contributed by atoms with Gasteiger partial charge in [0.15, 0.2) is 5.13 Å². The molecule has 1 heterocycles. The molecule has 1 amide bonds. The lowest BCUT2D eigenvalue weighted by Gasteiger charge is -2.22. The van der Waals surface area contributed by atoms with E-state index in [4.69, 9.17) is 4.98 Å². The third-order valence-corrected chi connectivity index (χ3v) is 6.29. The number of carbonyl (C=O) groups is 1. The number of nitrogens with zero attached hydrogens (tertiary/aromatic N) is 3. The Labute approximate surface area is 184 Å². The number of amides is 1. The third kappa shape index (κ3) is 5.35. The number of carbonyl (C=O) groups excluding carboxylic acids is 1. The molecule has 0 fully saturated rings.